The van der Waals surface area contributed by atoms with Crippen molar-refractivity contribution in [2.75, 3.05) is 0 Å². The summed E-state index contributed by atoms with van der Waals surface area (Å²) in [4.78, 5) is 12.9. The van der Waals surface area contributed by atoms with Crippen molar-refractivity contribution in [1.29, 1.82) is 0 Å². The number of benzene rings is 1. The summed E-state index contributed by atoms with van der Waals surface area (Å²) in [7, 11) is 1.84. The van der Waals surface area contributed by atoms with E-state index in [2.05, 4.69) is 20.1 Å². The average Bonchev–Trinajstić information content (AvgIpc) is 3.21. The molecule has 0 fully saturated rings. The van der Waals surface area contributed by atoms with Gasteiger partial charge in [-0.25, -0.2) is 9.82 Å². The molecule has 8 heteroatoms. The highest BCUT2D eigenvalue weighted by Crippen LogP contribution is 2.28. The molecule has 0 spiro atoms. The number of aromatic nitrogens is 3. The first-order valence-electron chi connectivity index (χ1n) is 7.19. The lowest BCUT2D eigenvalue weighted by molar-refractivity contribution is -0.116. The monoisotopic (exact) mass is 341 g/mol. The Morgan fingerprint density at radius 2 is 2.21 bits per heavy atom. The van der Waals surface area contributed by atoms with E-state index in [0.717, 1.165) is 10.4 Å². The fraction of sp³-hybridized carbons (Fsp3) is 0.125. The number of fused-ring (bicyclic) bond motifs is 1. The third-order valence-electron chi connectivity index (χ3n) is 3.93. The Bertz CT molecular complexity index is 1050. The highest BCUT2D eigenvalue weighted by atomic mass is 32.1. The molecule has 1 aromatic carbocycles. The lowest BCUT2D eigenvalue weighted by atomic mass is 10.0. The van der Waals surface area contributed by atoms with Crippen molar-refractivity contribution in [3.05, 3.63) is 51.9 Å². The van der Waals surface area contributed by atoms with Crippen LogP contribution < -0.4 is 5.43 Å². The molecule has 0 atom stereocenters. The summed E-state index contributed by atoms with van der Waals surface area (Å²) in [6.07, 6.45) is 3.45. The van der Waals surface area contributed by atoms with Crippen LogP contribution in [-0.2, 0) is 11.8 Å². The van der Waals surface area contributed by atoms with Gasteiger partial charge in [0, 0.05) is 24.2 Å². The Kier molecular flexibility index (Phi) is 3.27. The lowest BCUT2D eigenvalue weighted by Crippen LogP contribution is -2.13. The molecule has 0 saturated carbocycles. The van der Waals surface area contributed by atoms with Crippen LogP contribution in [0.25, 0.3) is 17.0 Å². The summed E-state index contributed by atoms with van der Waals surface area (Å²) >= 11 is 1.17. The highest BCUT2D eigenvalue weighted by Gasteiger charge is 2.27. The zero-order valence-electron chi connectivity index (χ0n) is 12.9. The third-order valence-corrected chi connectivity index (χ3v) is 4.76. The van der Waals surface area contributed by atoms with E-state index < -0.39 is 0 Å². The minimum atomic E-state index is -0.328. The Morgan fingerprint density at radius 3 is 2.96 bits per heavy atom. The van der Waals surface area contributed by atoms with Gasteiger partial charge in [0.25, 0.3) is 5.91 Å². The van der Waals surface area contributed by atoms with Crippen LogP contribution in [0.3, 0.4) is 0 Å². The van der Waals surface area contributed by atoms with Gasteiger partial charge < -0.3 is 4.57 Å². The van der Waals surface area contributed by atoms with Crippen molar-refractivity contribution in [3.8, 4) is 0 Å². The molecule has 1 aliphatic heterocycles. The van der Waals surface area contributed by atoms with Gasteiger partial charge in [-0.2, -0.15) is 5.10 Å². The fourth-order valence-corrected chi connectivity index (χ4v) is 3.45. The van der Waals surface area contributed by atoms with Gasteiger partial charge in [-0.1, -0.05) is 10.6 Å². The number of carbonyl (C=O) groups is 1. The van der Waals surface area contributed by atoms with E-state index in [1.807, 2.05) is 17.7 Å². The first-order valence-corrected chi connectivity index (χ1v) is 7.96. The Morgan fingerprint density at radius 1 is 1.38 bits per heavy atom. The number of aryl methyl sites for hydroxylation is 2. The summed E-state index contributed by atoms with van der Waals surface area (Å²) in [5.74, 6) is -0.654. The number of hydrazone groups is 1. The normalized spacial score (nSPS) is 16.0. The molecule has 0 unspecified atom stereocenters. The quantitative estimate of drug-likeness (QED) is 0.728. The van der Waals surface area contributed by atoms with Crippen molar-refractivity contribution in [2.24, 2.45) is 12.1 Å². The van der Waals surface area contributed by atoms with Crippen LogP contribution in [0, 0.1) is 12.7 Å². The summed E-state index contributed by atoms with van der Waals surface area (Å²) < 4.78 is 20.0. The van der Waals surface area contributed by atoms with E-state index in [0.29, 0.717) is 27.9 Å². The maximum absolute atomic E-state index is 14.3. The fourth-order valence-electron chi connectivity index (χ4n) is 2.79. The molecule has 4 rings (SSSR count). The number of halogens is 1. The first kappa shape index (κ1) is 14.7. The van der Waals surface area contributed by atoms with E-state index >= 15 is 0 Å². The molecular weight excluding hydrogens is 329 g/mol. The van der Waals surface area contributed by atoms with Gasteiger partial charge in [0.15, 0.2) is 0 Å². The zero-order valence-corrected chi connectivity index (χ0v) is 13.7. The minimum Gasteiger partial charge on any atom is -0.350 e. The van der Waals surface area contributed by atoms with Crippen LogP contribution >= 0.6 is 11.5 Å². The summed E-state index contributed by atoms with van der Waals surface area (Å²) in [5.41, 5.74) is 5.40. The zero-order chi connectivity index (χ0) is 16.8. The predicted molar refractivity (Wildman–Crippen MR) is 90.2 cm³/mol. The van der Waals surface area contributed by atoms with E-state index in [1.54, 1.807) is 25.3 Å². The van der Waals surface area contributed by atoms with Crippen molar-refractivity contribution in [3.63, 3.8) is 0 Å². The molecule has 1 N–H and O–H groups in total. The molecule has 2 aromatic heterocycles. The van der Waals surface area contributed by atoms with Crippen molar-refractivity contribution in [2.45, 2.75) is 6.92 Å². The number of hydrogen-bond donors (Lipinski definition) is 1. The van der Waals surface area contributed by atoms with Crippen LogP contribution in [0.2, 0.25) is 0 Å². The maximum Gasteiger partial charge on any atom is 0.273 e. The Labute approximate surface area is 140 Å². The van der Waals surface area contributed by atoms with Gasteiger partial charge in [-0.15, -0.1) is 5.10 Å². The van der Waals surface area contributed by atoms with Crippen LogP contribution in [0.4, 0.5) is 4.39 Å². The molecule has 3 heterocycles. The molecule has 0 radical (unpaired) electrons. The molecule has 24 heavy (non-hydrogen) atoms. The summed E-state index contributed by atoms with van der Waals surface area (Å²) in [5, 5.41) is 8.52. The van der Waals surface area contributed by atoms with Crippen LogP contribution in [0.1, 0.15) is 16.1 Å². The first-order chi connectivity index (χ1) is 11.6. The highest BCUT2D eigenvalue weighted by molar-refractivity contribution is 7.08. The van der Waals surface area contributed by atoms with Gasteiger partial charge >= 0.3 is 0 Å². The molecule has 120 valence electrons. The maximum atomic E-state index is 14.3. The smallest absolute Gasteiger partial charge is 0.273 e. The van der Waals surface area contributed by atoms with Crippen LogP contribution in [0.15, 0.2) is 35.1 Å². The molecule has 0 saturated heterocycles. The second kappa shape index (κ2) is 5.34. The van der Waals surface area contributed by atoms with Crippen LogP contribution in [-0.4, -0.2) is 25.8 Å². The van der Waals surface area contributed by atoms with E-state index in [4.69, 9.17) is 0 Å². The molecule has 1 amide bonds. The SMILES string of the molecule is Cc1nnsc1C1=NNC(=O)/C1=C\c1cn(C)c2cccc(F)c12. The molecule has 0 bridgehead atoms. The largest absolute Gasteiger partial charge is 0.350 e. The van der Waals surface area contributed by atoms with Crippen molar-refractivity contribution < 1.29 is 9.18 Å². The van der Waals surface area contributed by atoms with E-state index in [1.165, 1.54) is 17.6 Å². The van der Waals surface area contributed by atoms with E-state index in [9.17, 15) is 9.18 Å². The molecule has 1 aliphatic rings. The van der Waals surface area contributed by atoms with Crippen LogP contribution in [0.5, 0.6) is 0 Å². The van der Waals surface area contributed by atoms with Gasteiger partial charge in [0.05, 0.1) is 21.7 Å². The topological polar surface area (TPSA) is 72.2 Å². The van der Waals surface area contributed by atoms with Gasteiger partial charge in [0.1, 0.15) is 11.5 Å². The molecule has 6 nitrogen and oxygen atoms in total. The van der Waals surface area contributed by atoms with Crippen molar-refractivity contribution >= 4 is 40.1 Å². The second-order valence-corrected chi connectivity index (χ2v) is 6.23. The van der Waals surface area contributed by atoms with Gasteiger partial charge in [-0.05, 0) is 36.7 Å². The molecule has 0 aliphatic carbocycles. The summed E-state index contributed by atoms with van der Waals surface area (Å²) in [6, 6.07) is 4.91. The van der Waals surface area contributed by atoms with E-state index in [-0.39, 0.29) is 11.7 Å². The lowest BCUT2D eigenvalue weighted by Gasteiger charge is -1.99. The second-order valence-electron chi connectivity index (χ2n) is 5.48. The predicted octanol–water partition coefficient (Wildman–Crippen LogP) is 2.39. The number of nitrogens with one attached hydrogen (secondary N) is 1. The minimum absolute atomic E-state index is 0.326. The summed E-state index contributed by atoms with van der Waals surface area (Å²) in [6.45, 7) is 1.80. The third kappa shape index (κ3) is 2.15. The van der Waals surface area contributed by atoms with Gasteiger partial charge in [0.2, 0.25) is 0 Å². The number of rotatable bonds is 2. The number of amides is 1. The number of carbonyl (C=O) groups excluding carboxylic acids is 1. The molecular formula is C16H12FN5OS. The number of hydrogen-bond acceptors (Lipinski definition) is 5. The Balaban J connectivity index is 1.90. The van der Waals surface area contributed by atoms with Gasteiger partial charge in [-0.3, -0.25) is 4.79 Å². The standard InChI is InChI=1S/C16H12FN5OS/c1-8-15(24-21-18-8)14-10(16(23)20-19-14)6-9-7-22(2)12-5-3-4-11(17)13(9)12/h3-7H,1-2H3,(H,20,23)/b10-6-. The van der Waals surface area contributed by atoms with Crippen molar-refractivity contribution in [1.82, 2.24) is 19.6 Å². The average molecular weight is 341 g/mol. The molecule has 3 aromatic rings. The Hall–Kier alpha value is -2.87. The number of nitrogens with zero attached hydrogens (tertiary/aromatic N) is 4.